The van der Waals surface area contributed by atoms with Crippen molar-refractivity contribution >= 4 is 11.9 Å². The number of ether oxygens (including phenoxy) is 2. The molecule has 1 N–H and O–H groups in total. The SMILES string of the molecule is COc1ccc2c(c1)C(=O)/C(=C/c1cccc(-c3nn[nH]n3)c1)O2. The Morgan fingerprint density at radius 1 is 1.21 bits per heavy atom. The summed E-state index contributed by atoms with van der Waals surface area (Å²) in [6.07, 6.45) is 1.69. The smallest absolute Gasteiger partial charge is 0.232 e. The molecule has 0 unspecified atom stereocenters. The first-order valence-corrected chi connectivity index (χ1v) is 7.21. The molecule has 0 radical (unpaired) electrons. The number of ketones is 1. The van der Waals surface area contributed by atoms with E-state index in [-0.39, 0.29) is 11.5 Å². The minimum atomic E-state index is -0.172. The topological polar surface area (TPSA) is 90.0 Å². The van der Waals surface area contributed by atoms with Gasteiger partial charge in [-0.15, -0.1) is 10.2 Å². The number of methoxy groups -OCH3 is 1. The van der Waals surface area contributed by atoms with Gasteiger partial charge in [0.2, 0.25) is 11.6 Å². The van der Waals surface area contributed by atoms with Gasteiger partial charge in [0, 0.05) is 5.56 Å². The van der Waals surface area contributed by atoms with E-state index in [1.807, 2.05) is 24.3 Å². The Morgan fingerprint density at radius 2 is 2.12 bits per heavy atom. The van der Waals surface area contributed by atoms with E-state index < -0.39 is 0 Å². The number of carbonyl (C=O) groups excluding carboxylic acids is 1. The molecule has 0 fully saturated rings. The second-order valence-electron chi connectivity index (χ2n) is 5.16. The predicted molar refractivity (Wildman–Crippen MR) is 85.5 cm³/mol. The van der Waals surface area contributed by atoms with Crippen molar-refractivity contribution in [3.8, 4) is 22.9 Å². The van der Waals surface area contributed by atoms with E-state index in [4.69, 9.17) is 9.47 Å². The highest BCUT2D eigenvalue weighted by molar-refractivity contribution is 6.14. The van der Waals surface area contributed by atoms with Crippen molar-refractivity contribution in [1.82, 2.24) is 20.6 Å². The van der Waals surface area contributed by atoms with Crippen molar-refractivity contribution in [2.75, 3.05) is 7.11 Å². The van der Waals surface area contributed by atoms with E-state index in [1.54, 1.807) is 31.4 Å². The second-order valence-corrected chi connectivity index (χ2v) is 5.16. The Hall–Kier alpha value is -3.48. The van der Waals surface area contributed by atoms with Gasteiger partial charge in [-0.2, -0.15) is 5.21 Å². The number of carbonyl (C=O) groups is 1. The zero-order chi connectivity index (χ0) is 16.5. The molecular formula is C17H12N4O3. The average Bonchev–Trinajstić information content (AvgIpc) is 3.24. The minimum Gasteiger partial charge on any atom is -0.497 e. The molecule has 7 heteroatoms. The molecule has 3 aromatic rings. The number of H-pyrrole nitrogens is 1. The first kappa shape index (κ1) is 14.1. The lowest BCUT2D eigenvalue weighted by atomic mass is 10.1. The molecule has 0 amide bonds. The number of hydrogen-bond acceptors (Lipinski definition) is 6. The molecule has 2 aromatic carbocycles. The van der Waals surface area contributed by atoms with E-state index in [0.717, 1.165) is 11.1 Å². The summed E-state index contributed by atoms with van der Waals surface area (Å²) < 4.78 is 10.8. The molecule has 1 aliphatic rings. The lowest BCUT2D eigenvalue weighted by Crippen LogP contribution is -1.98. The van der Waals surface area contributed by atoms with Gasteiger partial charge in [0.1, 0.15) is 11.5 Å². The zero-order valence-corrected chi connectivity index (χ0v) is 12.7. The van der Waals surface area contributed by atoms with Crippen molar-refractivity contribution in [3.05, 3.63) is 59.4 Å². The monoisotopic (exact) mass is 320 g/mol. The molecular weight excluding hydrogens is 308 g/mol. The maximum Gasteiger partial charge on any atom is 0.232 e. The fourth-order valence-corrected chi connectivity index (χ4v) is 2.50. The summed E-state index contributed by atoms with van der Waals surface area (Å²) in [4.78, 5) is 12.5. The molecule has 0 bridgehead atoms. The van der Waals surface area contributed by atoms with Gasteiger partial charge in [-0.05, 0) is 41.1 Å². The van der Waals surface area contributed by atoms with Gasteiger partial charge in [-0.1, -0.05) is 18.2 Å². The maximum absolute atomic E-state index is 12.5. The quantitative estimate of drug-likeness (QED) is 0.746. The predicted octanol–water partition coefficient (Wildman–Crippen LogP) is 2.49. The number of aromatic amines is 1. The standard InChI is InChI=1S/C17H12N4O3/c1-23-12-5-6-14-13(9-12)16(22)15(24-14)8-10-3-2-4-11(7-10)17-18-20-21-19-17/h2-9H,1H3,(H,18,19,20,21)/b15-8-. The highest BCUT2D eigenvalue weighted by Gasteiger charge is 2.27. The van der Waals surface area contributed by atoms with E-state index in [2.05, 4.69) is 20.6 Å². The van der Waals surface area contributed by atoms with Gasteiger partial charge < -0.3 is 9.47 Å². The number of tetrazole rings is 1. The maximum atomic E-state index is 12.5. The van der Waals surface area contributed by atoms with Crippen molar-refractivity contribution in [2.45, 2.75) is 0 Å². The Labute approximate surface area is 136 Å². The Morgan fingerprint density at radius 3 is 2.92 bits per heavy atom. The molecule has 1 aromatic heterocycles. The lowest BCUT2D eigenvalue weighted by Gasteiger charge is -2.01. The van der Waals surface area contributed by atoms with Crippen molar-refractivity contribution in [2.24, 2.45) is 0 Å². The Kier molecular flexibility index (Phi) is 3.31. The van der Waals surface area contributed by atoms with Gasteiger partial charge >= 0.3 is 0 Å². The zero-order valence-electron chi connectivity index (χ0n) is 12.7. The summed E-state index contributed by atoms with van der Waals surface area (Å²) in [7, 11) is 1.56. The van der Waals surface area contributed by atoms with Crippen molar-refractivity contribution < 1.29 is 14.3 Å². The van der Waals surface area contributed by atoms with Crippen LogP contribution in [0.4, 0.5) is 0 Å². The summed E-state index contributed by atoms with van der Waals surface area (Å²) in [5.74, 6) is 1.73. The third-order valence-corrected chi connectivity index (χ3v) is 3.66. The van der Waals surface area contributed by atoms with Crippen LogP contribution in [0.3, 0.4) is 0 Å². The van der Waals surface area contributed by atoms with Crippen LogP contribution < -0.4 is 9.47 Å². The summed E-state index contributed by atoms with van der Waals surface area (Å²) in [6.45, 7) is 0. The van der Waals surface area contributed by atoms with Crippen LogP contribution in [0.5, 0.6) is 11.5 Å². The van der Waals surface area contributed by atoms with Crippen LogP contribution in [0, 0.1) is 0 Å². The Balaban J connectivity index is 1.68. The summed E-state index contributed by atoms with van der Waals surface area (Å²) in [5, 5.41) is 13.9. The number of nitrogens with zero attached hydrogens (tertiary/aromatic N) is 3. The third-order valence-electron chi connectivity index (χ3n) is 3.66. The lowest BCUT2D eigenvalue weighted by molar-refractivity contribution is 0.101. The second kappa shape index (κ2) is 5.62. The van der Waals surface area contributed by atoms with Gasteiger partial charge in [-0.25, -0.2) is 0 Å². The first-order valence-electron chi connectivity index (χ1n) is 7.21. The van der Waals surface area contributed by atoms with E-state index in [1.165, 1.54) is 0 Å². The van der Waals surface area contributed by atoms with Crippen molar-refractivity contribution in [3.63, 3.8) is 0 Å². The number of hydrogen-bond donors (Lipinski definition) is 1. The van der Waals surface area contributed by atoms with E-state index >= 15 is 0 Å². The van der Waals surface area contributed by atoms with E-state index in [9.17, 15) is 4.79 Å². The number of allylic oxidation sites excluding steroid dienone is 1. The average molecular weight is 320 g/mol. The molecule has 0 spiro atoms. The number of aromatic nitrogens is 4. The van der Waals surface area contributed by atoms with E-state index in [0.29, 0.717) is 22.9 Å². The minimum absolute atomic E-state index is 0.172. The number of nitrogens with one attached hydrogen (secondary N) is 1. The van der Waals surface area contributed by atoms with Crippen LogP contribution in [0.15, 0.2) is 48.2 Å². The molecule has 0 saturated heterocycles. The van der Waals surface area contributed by atoms with Gasteiger partial charge in [-0.3, -0.25) is 4.79 Å². The van der Waals surface area contributed by atoms with Crippen LogP contribution in [0.2, 0.25) is 0 Å². The molecule has 0 aliphatic carbocycles. The number of Topliss-reactive ketones (excluding diaryl/α,β-unsaturated/α-hetero) is 1. The molecule has 0 saturated carbocycles. The molecule has 2 heterocycles. The highest BCUT2D eigenvalue weighted by atomic mass is 16.5. The fourth-order valence-electron chi connectivity index (χ4n) is 2.50. The van der Waals surface area contributed by atoms with Crippen molar-refractivity contribution in [1.29, 1.82) is 0 Å². The fraction of sp³-hybridized carbons (Fsp3) is 0.0588. The van der Waals surface area contributed by atoms with Crippen LogP contribution in [-0.4, -0.2) is 33.5 Å². The molecule has 4 rings (SSSR count). The number of rotatable bonds is 3. The van der Waals surface area contributed by atoms with Crippen LogP contribution in [0.25, 0.3) is 17.5 Å². The summed E-state index contributed by atoms with van der Waals surface area (Å²) in [5.41, 5.74) is 2.10. The molecule has 7 nitrogen and oxygen atoms in total. The van der Waals surface area contributed by atoms with Gasteiger partial charge in [0.25, 0.3) is 0 Å². The normalized spacial score (nSPS) is 14.5. The Bertz CT molecular complexity index is 948. The summed E-state index contributed by atoms with van der Waals surface area (Å²) in [6, 6.07) is 12.6. The third kappa shape index (κ3) is 2.41. The van der Waals surface area contributed by atoms with Crippen LogP contribution >= 0.6 is 0 Å². The number of benzene rings is 2. The van der Waals surface area contributed by atoms with Gasteiger partial charge in [0.05, 0.1) is 12.7 Å². The van der Waals surface area contributed by atoms with Crippen LogP contribution in [0.1, 0.15) is 15.9 Å². The molecule has 118 valence electrons. The highest BCUT2D eigenvalue weighted by Crippen LogP contribution is 2.34. The summed E-state index contributed by atoms with van der Waals surface area (Å²) >= 11 is 0. The first-order chi connectivity index (χ1) is 11.7. The molecule has 24 heavy (non-hydrogen) atoms. The number of fused-ring (bicyclic) bond motifs is 1. The molecule has 0 atom stereocenters. The van der Waals surface area contributed by atoms with Gasteiger partial charge in [0.15, 0.2) is 5.76 Å². The van der Waals surface area contributed by atoms with Crippen LogP contribution in [-0.2, 0) is 0 Å². The molecule has 1 aliphatic heterocycles. The largest absolute Gasteiger partial charge is 0.497 e.